The van der Waals surface area contributed by atoms with Gasteiger partial charge >= 0.3 is 0 Å². The van der Waals surface area contributed by atoms with E-state index in [1.54, 1.807) is 5.57 Å². The van der Waals surface area contributed by atoms with Gasteiger partial charge in [-0.15, -0.1) is 0 Å². The minimum absolute atomic E-state index is 0.557. The van der Waals surface area contributed by atoms with E-state index in [2.05, 4.69) is 32.2 Å². The molecular formula is C16H29N. The van der Waals surface area contributed by atoms with E-state index < -0.39 is 0 Å². The quantitative estimate of drug-likeness (QED) is 0.717. The molecule has 98 valence electrons. The highest BCUT2D eigenvalue weighted by Gasteiger charge is 2.35. The molecule has 0 aromatic rings. The molecule has 2 atom stereocenters. The van der Waals surface area contributed by atoms with Crippen LogP contribution < -0.4 is 5.32 Å². The van der Waals surface area contributed by atoms with Crippen LogP contribution in [0.2, 0.25) is 0 Å². The van der Waals surface area contributed by atoms with Crippen molar-refractivity contribution in [1.82, 2.24) is 5.32 Å². The molecule has 0 bridgehead atoms. The van der Waals surface area contributed by atoms with Crippen molar-refractivity contribution in [3.8, 4) is 0 Å². The van der Waals surface area contributed by atoms with Gasteiger partial charge in [0.2, 0.25) is 0 Å². The van der Waals surface area contributed by atoms with Gasteiger partial charge < -0.3 is 5.32 Å². The number of hydrogen-bond acceptors (Lipinski definition) is 1. The number of allylic oxidation sites excluding steroid dienone is 1. The zero-order valence-corrected chi connectivity index (χ0v) is 11.9. The molecule has 0 aliphatic heterocycles. The van der Waals surface area contributed by atoms with Gasteiger partial charge in [-0.3, -0.25) is 0 Å². The third-order valence-corrected chi connectivity index (χ3v) is 4.57. The highest BCUT2D eigenvalue weighted by Crippen LogP contribution is 2.40. The van der Waals surface area contributed by atoms with E-state index in [9.17, 15) is 0 Å². The summed E-state index contributed by atoms with van der Waals surface area (Å²) in [6.07, 6.45) is 12.0. The summed E-state index contributed by atoms with van der Waals surface area (Å²) in [6.45, 7) is 8.42. The van der Waals surface area contributed by atoms with E-state index >= 15 is 0 Å². The maximum Gasteiger partial charge on any atom is 0.00981 e. The molecule has 2 rings (SSSR count). The summed E-state index contributed by atoms with van der Waals surface area (Å²) in [5, 5.41) is 3.79. The van der Waals surface area contributed by atoms with Gasteiger partial charge in [0.05, 0.1) is 0 Å². The Bertz CT molecular complexity index is 277. The summed E-state index contributed by atoms with van der Waals surface area (Å²) in [6, 6.07) is 0.759. The van der Waals surface area contributed by atoms with Crippen molar-refractivity contribution in [2.45, 2.75) is 71.8 Å². The maximum atomic E-state index is 3.79. The molecule has 0 amide bonds. The second-order valence-corrected chi connectivity index (χ2v) is 6.97. The van der Waals surface area contributed by atoms with E-state index in [1.807, 2.05) is 0 Å². The first-order chi connectivity index (χ1) is 8.07. The normalized spacial score (nSPS) is 32.5. The fourth-order valence-corrected chi connectivity index (χ4v) is 3.72. The summed E-state index contributed by atoms with van der Waals surface area (Å²) in [7, 11) is 0. The maximum absolute atomic E-state index is 3.79. The predicted molar refractivity (Wildman–Crippen MR) is 75.1 cm³/mol. The third kappa shape index (κ3) is 3.84. The van der Waals surface area contributed by atoms with Crippen LogP contribution in [0, 0.1) is 11.3 Å². The number of nitrogens with one attached hydrogen (secondary N) is 1. The Morgan fingerprint density at radius 2 is 2.12 bits per heavy atom. The Hall–Kier alpha value is -0.300. The molecule has 0 aromatic heterocycles. The molecule has 0 aromatic carbocycles. The topological polar surface area (TPSA) is 12.0 Å². The zero-order chi connectivity index (χ0) is 12.3. The van der Waals surface area contributed by atoms with E-state index in [1.165, 1.54) is 51.5 Å². The zero-order valence-electron chi connectivity index (χ0n) is 11.9. The smallest absolute Gasteiger partial charge is 0.00981 e. The average Bonchev–Trinajstić information content (AvgIpc) is 2.53. The largest absolute Gasteiger partial charge is 0.313 e. The molecule has 17 heavy (non-hydrogen) atoms. The second-order valence-electron chi connectivity index (χ2n) is 6.97. The highest BCUT2D eigenvalue weighted by molar-refractivity contribution is 5.05. The molecule has 2 aliphatic carbocycles. The van der Waals surface area contributed by atoms with Gasteiger partial charge in [-0.05, 0) is 62.8 Å². The van der Waals surface area contributed by atoms with Crippen LogP contribution in [0.1, 0.15) is 65.7 Å². The fourth-order valence-electron chi connectivity index (χ4n) is 3.72. The van der Waals surface area contributed by atoms with Crippen molar-refractivity contribution < 1.29 is 0 Å². The van der Waals surface area contributed by atoms with Gasteiger partial charge in [-0.25, -0.2) is 0 Å². The van der Waals surface area contributed by atoms with Crippen LogP contribution in [0.3, 0.4) is 0 Å². The summed E-state index contributed by atoms with van der Waals surface area (Å²) in [5.41, 5.74) is 2.26. The molecule has 1 saturated carbocycles. The Morgan fingerprint density at radius 3 is 2.71 bits per heavy atom. The van der Waals surface area contributed by atoms with E-state index in [0.717, 1.165) is 12.0 Å². The van der Waals surface area contributed by atoms with Gasteiger partial charge in [0, 0.05) is 6.04 Å². The van der Waals surface area contributed by atoms with Crippen LogP contribution in [-0.2, 0) is 0 Å². The van der Waals surface area contributed by atoms with Crippen LogP contribution in [0.4, 0.5) is 0 Å². The lowest BCUT2D eigenvalue weighted by Gasteiger charge is -2.20. The van der Waals surface area contributed by atoms with Crippen molar-refractivity contribution in [2.75, 3.05) is 6.54 Å². The molecule has 2 aliphatic rings. The first-order valence-electron chi connectivity index (χ1n) is 7.48. The Labute approximate surface area is 107 Å². The average molecular weight is 235 g/mol. The molecule has 1 nitrogen and oxygen atoms in total. The van der Waals surface area contributed by atoms with E-state index in [4.69, 9.17) is 0 Å². The minimum Gasteiger partial charge on any atom is -0.313 e. The molecule has 0 spiro atoms. The number of rotatable bonds is 4. The predicted octanol–water partition coefficient (Wildman–Crippen LogP) is 4.29. The van der Waals surface area contributed by atoms with Crippen molar-refractivity contribution >= 4 is 0 Å². The second kappa shape index (κ2) is 5.56. The van der Waals surface area contributed by atoms with Crippen LogP contribution in [0.15, 0.2) is 11.6 Å². The fraction of sp³-hybridized carbons (Fsp3) is 0.875. The van der Waals surface area contributed by atoms with E-state index in [0.29, 0.717) is 5.41 Å². The molecule has 1 N–H and O–H groups in total. The summed E-state index contributed by atoms with van der Waals surface area (Å²) in [5.74, 6) is 0.852. The van der Waals surface area contributed by atoms with Crippen LogP contribution in [0.25, 0.3) is 0 Å². The van der Waals surface area contributed by atoms with Gasteiger partial charge in [0.1, 0.15) is 0 Å². The standard InChI is InChI=1S/C16H29N/c1-13-11-16(2,3)12-15(13)17-10-9-14-7-5-4-6-8-14/h7,13,15,17H,4-6,8-12H2,1-3H3. The van der Waals surface area contributed by atoms with Crippen LogP contribution >= 0.6 is 0 Å². The summed E-state index contributed by atoms with van der Waals surface area (Å²) in [4.78, 5) is 0. The Morgan fingerprint density at radius 1 is 1.29 bits per heavy atom. The van der Waals surface area contributed by atoms with Crippen LogP contribution in [-0.4, -0.2) is 12.6 Å². The lowest BCUT2D eigenvalue weighted by Crippen LogP contribution is -2.32. The first-order valence-corrected chi connectivity index (χ1v) is 7.48. The molecule has 2 unspecified atom stereocenters. The Balaban J connectivity index is 1.70. The van der Waals surface area contributed by atoms with Crippen molar-refractivity contribution in [3.63, 3.8) is 0 Å². The molecule has 1 fully saturated rings. The molecule has 1 heteroatoms. The van der Waals surface area contributed by atoms with Crippen molar-refractivity contribution in [3.05, 3.63) is 11.6 Å². The van der Waals surface area contributed by atoms with Gasteiger partial charge in [-0.2, -0.15) is 0 Å². The van der Waals surface area contributed by atoms with Gasteiger partial charge in [0.15, 0.2) is 0 Å². The third-order valence-electron chi connectivity index (χ3n) is 4.57. The highest BCUT2D eigenvalue weighted by atomic mass is 14.9. The monoisotopic (exact) mass is 235 g/mol. The summed E-state index contributed by atoms with van der Waals surface area (Å²) < 4.78 is 0. The lowest BCUT2D eigenvalue weighted by molar-refractivity contribution is 0.362. The first kappa shape index (κ1) is 13.1. The number of hydrogen-bond donors (Lipinski definition) is 1. The van der Waals surface area contributed by atoms with Crippen molar-refractivity contribution in [2.24, 2.45) is 11.3 Å². The van der Waals surface area contributed by atoms with Crippen molar-refractivity contribution in [1.29, 1.82) is 0 Å². The molecule has 0 heterocycles. The minimum atomic E-state index is 0.557. The molecule has 0 saturated heterocycles. The van der Waals surface area contributed by atoms with Crippen LogP contribution in [0.5, 0.6) is 0 Å². The molecular weight excluding hydrogens is 206 g/mol. The van der Waals surface area contributed by atoms with E-state index in [-0.39, 0.29) is 0 Å². The van der Waals surface area contributed by atoms with Gasteiger partial charge in [0.25, 0.3) is 0 Å². The lowest BCUT2D eigenvalue weighted by atomic mass is 9.91. The Kier molecular flexibility index (Phi) is 4.30. The summed E-state index contributed by atoms with van der Waals surface area (Å²) >= 11 is 0. The molecule has 0 radical (unpaired) electrons. The van der Waals surface area contributed by atoms with Gasteiger partial charge in [-0.1, -0.05) is 32.4 Å². The SMILES string of the molecule is CC1CC(C)(C)CC1NCCC1=CCCCC1.